The van der Waals surface area contributed by atoms with Crippen molar-refractivity contribution in [3.8, 4) is 0 Å². The number of carbonyl (C=O) groups is 2. The average molecular weight is 355 g/mol. The van der Waals surface area contributed by atoms with E-state index in [0.717, 1.165) is 5.56 Å². The Hall–Kier alpha value is -3.42. The van der Waals surface area contributed by atoms with Gasteiger partial charge in [-0.25, -0.2) is 4.79 Å². The van der Waals surface area contributed by atoms with Crippen LogP contribution in [0.25, 0.3) is 0 Å². The molecule has 3 rings (SSSR count). The molecule has 1 amide bonds. The fourth-order valence-corrected chi connectivity index (χ4v) is 2.31. The number of nitrogens with zero attached hydrogens (tertiary/aromatic N) is 2. The van der Waals surface area contributed by atoms with Crippen LogP contribution in [0.2, 0.25) is 0 Å². The van der Waals surface area contributed by atoms with Crippen LogP contribution in [0.4, 0.5) is 0 Å². The van der Waals surface area contributed by atoms with Crippen molar-refractivity contribution >= 4 is 11.9 Å². The highest BCUT2D eigenvalue weighted by Gasteiger charge is 2.25. The van der Waals surface area contributed by atoms with Gasteiger partial charge in [-0.15, -0.1) is 10.2 Å². The standard InChI is InChI=1S/C18H17N3O5/c1-12-20-21-16(26-12)11-25-18(23)14(10-13-6-3-2-4-7-13)19-17(22)15-8-5-9-24-15/h2-9,14H,10-11H2,1H3,(H,19,22). The molecule has 0 aliphatic carbocycles. The fourth-order valence-electron chi connectivity index (χ4n) is 2.31. The Kier molecular flexibility index (Phi) is 5.43. The van der Waals surface area contributed by atoms with Crippen LogP contribution in [0.1, 0.15) is 27.9 Å². The molecule has 8 nitrogen and oxygen atoms in total. The fraction of sp³-hybridized carbons (Fsp3) is 0.222. The highest BCUT2D eigenvalue weighted by atomic mass is 16.5. The molecule has 8 heteroatoms. The van der Waals surface area contributed by atoms with Gasteiger partial charge in [-0.3, -0.25) is 4.79 Å². The Balaban J connectivity index is 1.68. The number of hydrogen-bond acceptors (Lipinski definition) is 7. The molecule has 0 radical (unpaired) electrons. The summed E-state index contributed by atoms with van der Waals surface area (Å²) in [5.41, 5.74) is 0.878. The number of furan rings is 1. The summed E-state index contributed by atoms with van der Waals surface area (Å²) in [6, 6.07) is 11.5. The third-order valence-corrected chi connectivity index (χ3v) is 3.52. The van der Waals surface area contributed by atoms with Gasteiger partial charge in [0.2, 0.25) is 5.89 Å². The number of rotatable bonds is 7. The minimum absolute atomic E-state index is 0.114. The summed E-state index contributed by atoms with van der Waals surface area (Å²) in [4.78, 5) is 24.7. The molecule has 2 aromatic heterocycles. The number of aryl methyl sites for hydroxylation is 1. The molecule has 1 N–H and O–H groups in total. The van der Waals surface area contributed by atoms with Gasteiger partial charge in [0, 0.05) is 13.3 Å². The van der Waals surface area contributed by atoms with E-state index in [-0.39, 0.29) is 24.7 Å². The molecule has 1 atom stereocenters. The zero-order valence-electron chi connectivity index (χ0n) is 14.0. The molecule has 0 spiro atoms. The van der Waals surface area contributed by atoms with E-state index in [1.165, 1.54) is 12.3 Å². The van der Waals surface area contributed by atoms with Crippen LogP contribution in [0, 0.1) is 6.92 Å². The minimum Gasteiger partial charge on any atom is -0.459 e. The highest BCUT2D eigenvalue weighted by Crippen LogP contribution is 2.08. The third kappa shape index (κ3) is 4.56. The van der Waals surface area contributed by atoms with Crippen molar-refractivity contribution < 1.29 is 23.2 Å². The van der Waals surface area contributed by atoms with E-state index in [9.17, 15) is 9.59 Å². The number of carbonyl (C=O) groups excluding carboxylic acids is 2. The van der Waals surface area contributed by atoms with Gasteiger partial charge in [0.15, 0.2) is 12.4 Å². The van der Waals surface area contributed by atoms with Gasteiger partial charge in [0.25, 0.3) is 11.8 Å². The van der Waals surface area contributed by atoms with Gasteiger partial charge in [-0.05, 0) is 17.7 Å². The zero-order valence-corrected chi connectivity index (χ0v) is 14.0. The van der Waals surface area contributed by atoms with Crippen molar-refractivity contribution in [3.05, 3.63) is 71.8 Å². The summed E-state index contributed by atoms with van der Waals surface area (Å²) >= 11 is 0. The van der Waals surface area contributed by atoms with Crippen molar-refractivity contribution in [2.24, 2.45) is 0 Å². The van der Waals surface area contributed by atoms with E-state index in [2.05, 4.69) is 15.5 Å². The summed E-state index contributed by atoms with van der Waals surface area (Å²) in [6.45, 7) is 1.47. The predicted molar refractivity (Wildman–Crippen MR) is 88.9 cm³/mol. The smallest absolute Gasteiger partial charge is 0.329 e. The van der Waals surface area contributed by atoms with Gasteiger partial charge in [0.05, 0.1) is 6.26 Å². The lowest BCUT2D eigenvalue weighted by atomic mass is 10.1. The summed E-state index contributed by atoms with van der Waals surface area (Å²) in [7, 11) is 0. The molecule has 26 heavy (non-hydrogen) atoms. The van der Waals surface area contributed by atoms with Crippen LogP contribution in [0.3, 0.4) is 0 Å². The molecule has 3 aromatic rings. The molecule has 0 saturated carbocycles. The van der Waals surface area contributed by atoms with Crippen molar-refractivity contribution in [3.63, 3.8) is 0 Å². The quantitative estimate of drug-likeness (QED) is 0.646. The lowest BCUT2D eigenvalue weighted by Crippen LogP contribution is -2.43. The maximum Gasteiger partial charge on any atom is 0.329 e. The van der Waals surface area contributed by atoms with Crippen molar-refractivity contribution in [1.29, 1.82) is 0 Å². The second kappa shape index (κ2) is 8.11. The number of benzene rings is 1. The van der Waals surface area contributed by atoms with Gasteiger partial charge in [-0.2, -0.15) is 0 Å². The summed E-state index contributed by atoms with van der Waals surface area (Å²) in [5, 5.41) is 10.1. The highest BCUT2D eigenvalue weighted by molar-refractivity contribution is 5.94. The Bertz CT molecular complexity index is 858. The van der Waals surface area contributed by atoms with E-state index in [4.69, 9.17) is 13.6 Å². The van der Waals surface area contributed by atoms with Crippen LogP contribution >= 0.6 is 0 Å². The van der Waals surface area contributed by atoms with Crippen LogP contribution in [-0.2, 0) is 22.6 Å². The summed E-state index contributed by atoms with van der Waals surface area (Å²) < 4.78 is 15.4. The second-order valence-electron chi connectivity index (χ2n) is 5.52. The van der Waals surface area contributed by atoms with E-state index < -0.39 is 17.9 Å². The Morgan fingerprint density at radius 2 is 1.96 bits per heavy atom. The zero-order chi connectivity index (χ0) is 18.4. The topological polar surface area (TPSA) is 107 Å². The molecule has 0 fully saturated rings. The largest absolute Gasteiger partial charge is 0.459 e. The van der Waals surface area contributed by atoms with Gasteiger partial charge < -0.3 is 18.9 Å². The average Bonchev–Trinajstić information content (AvgIpc) is 3.32. The maximum absolute atomic E-state index is 12.5. The van der Waals surface area contributed by atoms with Crippen molar-refractivity contribution in [2.75, 3.05) is 0 Å². The number of amides is 1. The van der Waals surface area contributed by atoms with Crippen molar-refractivity contribution in [2.45, 2.75) is 26.0 Å². The Labute approximate surface area is 149 Å². The molecule has 2 heterocycles. The van der Waals surface area contributed by atoms with E-state index in [1.807, 2.05) is 30.3 Å². The number of nitrogens with one attached hydrogen (secondary N) is 1. The first-order chi connectivity index (χ1) is 12.6. The van der Waals surface area contributed by atoms with E-state index >= 15 is 0 Å². The normalized spacial score (nSPS) is 11.7. The summed E-state index contributed by atoms with van der Waals surface area (Å²) in [6.07, 6.45) is 1.66. The molecule has 0 saturated heterocycles. The number of hydrogen-bond donors (Lipinski definition) is 1. The molecule has 0 aliphatic rings. The molecule has 1 unspecified atom stereocenters. The lowest BCUT2D eigenvalue weighted by molar-refractivity contribution is -0.148. The van der Waals surface area contributed by atoms with E-state index in [0.29, 0.717) is 5.89 Å². The van der Waals surface area contributed by atoms with Crippen LogP contribution in [0.15, 0.2) is 57.6 Å². The second-order valence-corrected chi connectivity index (χ2v) is 5.52. The number of ether oxygens (including phenoxy) is 1. The molecule has 1 aromatic carbocycles. The van der Waals surface area contributed by atoms with Crippen molar-refractivity contribution in [1.82, 2.24) is 15.5 Å². The number of esters is 1. The number of aromatic nitrogens is 2. The SMILES string of the molecule is Cc1nnc(COC(=O)C(Cc2ccccc2)NC(=O)c2ccco2)o1. The summed E-state index contributed by atoms with van der Waals surface area (Å²) in [5.74, 6) is -0.427. The molecule has 0 bridgehead atoms. The van der Waals surface area contributed by atoms with Crippen LogP contribution in [0.5, 0.6) is 0 Å². The molecular formula is C18H17N3O5. The van der Waals surface area contributed by atoms with Gasteiger partial charge in [-0.1, -0.05) is 30.3 Å². The monoisotopic (exact) mass is 355 g/mol. The third-order valence-electron chi connectivity index (χ3n) is 3.52. The maximum atomic E-state index is 12.5. The first-order valence-corrected chi connectivity index (χ1v) is 7.96. The minimum atomic E-state index is -0.890. The van der Waals surface area contributed by atoms with Gasteiger partial charge in [0.1, 0.15) is 6.04 Å². The lowest BCUT2D eigenvalue weighted by Gasteiger charge is -2.16. The van der Waals surface area contributed by atoms with Gasteiger partial charge >= 0.3 is 5.97 Å². The van der Waals surface area contributed by atoms with E-state index in [1.54, 1.807) is 13.0 Å². The molecular weight excluding hydrogens is 338 g/mol. The predicted octanol–water partition coefficient (Wildman–Crippen LogP) is 2.06. The van der Waals surface area contributed by atoms with Crippen LogP contribution < -0.4 is 5.32 Å². The molecule has 134 valence electrons. The molecule has 0 aliphatic heterocycles. The first-order valence-electron chi connectivity index (χ1n) is 7.96. The Morgan fingerprint density at radius 3 is 2.62 bits per heavy atom. The van der Waals surface area contributed by atoms with Crippen LogP contribution in [-0.4, -0.2) is 28.1 Å². The first kappa shape index (κ1) is 17.4. The Morgan fingerprint density at radius 1 is 1.15 bits per heavy atom.